The van der Waals surface area contributed by atoms with Crippen LogP contribution in [0, 0.1) is 19.8 Å². The molecule has 0 bridgehead atoms. The van der Waals surface area contributed by atoms with E-state index in [1.165, 1.54) is 59.6 Å². The summed E-state index contributed by atoms with van der Waals surface area (Å²) in [6, 6.07) is 17.9. The molecule has 1 atom stereocenters. The molecule has 1 unspecified atom stereocenters. The normalized spacial score (nSPS) is 23.3. The van der Waals surface area contributed by atoms with Crippen molar-refractivity contribution in [3.05, 3.63) is 83.5 Å². The van der Waals surface area contributed by atoms with Gasteiger partial charge in [0, 0.05) is 43.7 Å². The van der Waals surface area contributed by atoms with Gasteiger partial charge in [0.25, 0.3) is 0 Å². The number of benzene rings is 2. The van der Waals surface area contributed by atoms with Crippen LogP contribution >= 0.6 is 0 Å². The van der Waals surface area contributed by atoms with Crippen molar-refractivity contribution < 1.29 is 0 Å². The van der Waals surface area contributed by atoms with E-state index in [0.29, 0.717) is 10.4 Å². The lowest BCUT2D eigenvalue weighted by Gasteiger charge is -2.42. The van der Waals surface area contributed by atoms with Crippen LogP contribution in [0.1, 0.15) is 43.7 Å². The first-order valence-corrected chi connectivity index (χ1v) is 10.2. The average Bonchev–Trinajstić information content (AvgIpc) is 3.18. The van der Waals surface area contributed by atoms with Crippen molar-refractivity contribution >= 4 is 11.4 Å². The van der Waals surface area contributed by atoms with Gasteiger partial charge in [0.1, 0.15) is 23.3 Å². The van der Waals surface area contributed by atoms with E-state index in [0.717, 1.165) is 0 Å². The molecule has 2 nitrogen and oxygen atoms in total. The monoisotopic (exact) mass is 359 g/mol. The molecule has 0 aromatic heterocycles. The topological polar surface area (TPSA) is 3.24 Å². The molecule has 1 fully saturated rings. The molecule has 1 heterocycles. The molecule has 0 spiro atoms. The van der Waals surface area contributed by atoms with Crippen molar-refractivity contribution in [3.63, 3.8) is 0 Å². The molecule has 1 aliphatic heterocycles. The zero-order chi connectivity index (χ0) is 19.0. The van der Waals surface area contributed by atoms with Gasteiger partial charge in [0.2, 0.25) is 0 Å². The summed E-state index contributed by atoms with van der Waals surface area (Å²) >= 11 is 0. The molecule has 2 aromatic rings. The Morgan fingerprint density at radius 1 is 0.926 bits per heavy atom. The van der Waals surface area contributed by atoms with Crippen LogP contribution in [0.4, 0.5) is 11.4 Å². The average molecular weight is 360 g/mol. The maximum atomic E-state index is 2.37. The molecule has 2 aliphatic rings. The summed E-state index contributed by atoms with van der Waals surface area (Å²) in [6.07, 6.45) is 9.98. The largest absolute Gasteiger partial charge is 0.345 e. The van der Waals surface area contributed by atoms with Crippen LogP contribution < -0.4 is 4.48 Å². The Morgan fingerprint density at radius 2 is 1.63 bits per heavy atom. The Hall–Kier alpha value is -2.32. The van der Waals surface area contributed by atoms with Crippen LogP contribution in [0.15, 0.2) is 72.3 Å². The van der Waals surface area contributed by atoms with E-state index < -0.39 is 0 Å². The number of hydrogen-bond donors (Lipinski definition) is 0. The molecule has 0 amide bonds. The van der Waals surface area contributed by atoms with Gasteiger partial charge in [-0.1, -0.05) is 48.7 Å². The molecule has 0 N–H and O–H groups in total. The Morgan fingerprint density at radius 3 is 2.30 bits per heavy atom. The Balaban J connectivity index is 2.00. The highest BCUT2D eigenvalue weighted by atomic mass is 15.4. The third kappa shape index (κ3) is 2.93. The van der Waals surface area contributed by atoms with E-state index in [2.05, 4.69) is 93.6 Å². The number of hydrogen-bond acceptors (Lipinski definition) is 1. The van der Waals surface area contributed by atoms with Gasteiger partial charge in [-0.25, -0.2) is 4.48 Å². The van der Waals surface area contributed by atoms with Gasteiger partial charge in [-0.3, -0.25) is 0 Å². The van der Waals surface area contributed by atoms with Crippen molar-refractivity contribution in [1.82, 2.24) is 9.38 Å². The smallest absolute Gasteiger partial charge is 0.150 e. The second-order valence-corrected chi connectivity index (χ2v) is 8.21. The van der Waals surface area contributed by atoms with Crippen LogP contribution in [0.25, 0.3) is 0 Å². The Bertz CT molecular complexity index is 888. The van der Waals surface area contributed by atoms with Gasteiger partial charge in [-0.05, 0) is 26.7 Å². The maximum Gasteiger partial charge on any atom is 0.150 e. The van der Waals surface area contributed by atoms with E-state index in [1.807, 2.05) is 0 Å². The molecule has 1 saturated carbocycles. The minimum atomic E-state index is 0.673. The third-order valence-electron chi connectivity index (χ3n) is 6.43. The maximum absolute atomic E-state index is 2.37. The summed E-state index contributed by atoms with van der Waals surface area (Å²) in [7, 11) is 2.22. The number of quaternary nitrogens is 1. The van der Waals surface area contributed by atoms with Crippen LogP contribution in [0.3, 0.4) is 0 Å². The molecule has 4 rings (SSSR count). The fraction of sp³-hybridized carbons (Fsp3) is 0.360. The lowest BCUT2D eigenvalue weighted by molar-refractivity contribution is 0.396. The number of rotatable bonds is 3. The number of allylic oxidation sites excluding steroid dienone is 2. The second kappa shape index (κ2) is 7.01. The number of nitrogens with zero attached hydrogens (tertiary/aromatic N) is 2. The molecule has 0 saturated heterocycles. The third-order valence-corrected chi connectivity index (χ3v) is 6.43. The molecule has 140 valence electrons. The Kier molecular flexibility index (Phi) is 4.69. The number of aryl methyl sites for hydroxylation is 2. The molecule has 27 heavy (non-hydrogen) atoms. The van der Waals surface area contributed by atoms with Crippen LogP contribution in [-0.2, 0) is 0 Å². The fourth-order valence-electron chi connectivity index (χ4n) is 5.15. The zero-order valence-electron chi connectivity index (χ0n) is 17.1. The summed E-state index contributed by atoms with van der Waals surface area (Å²) in [5, 5.41) is 0. The van der Waals surface area contributed by atoms with Gasteiger partial charge in [0.05, 0.1) is 11.9 Å². The minimum Gasteiger partial charge on any atom is -0.345 e. The fourth-order valence-corrected chi connectivity index (χ4v) is 5.15. The van der Waals surface area contributed by atoms with E-state index in [9.17, 15) is 0 Å². The second-order valence-electron chi connectivity index (χ2n) is 8.21. The molecule has 2 aromatic carbocycles. The predicted molar refractivity (Wildman–Crippen MR) is 115 cm³/mol. The molecule has 0 radical (unpaired) electrons. The van der Waals surface area contributed by atoms with E-state index >= 15 is 0 Å². The molecule has 2 heteroatoms. The first kappa shape index (κ1) is 18.1. The highest BCUT2D eigenvalue weighted by molar-refractivity contribution is 5.69. The first-order valence-electron chi connectivity index (χ1n) is 10.2. The zero-order valence-corrected chi connectivity index (χ0v) is 17.1. The lowest BCUT2D eigenvalue weighted by atomic mass is 9.96. The summed E-state index contributed by atoms with van der Waals surface area (Å²) < 4.78 is 0.698. The van der Waals surface area contributed by atoms with Crippen molar-refractivity contribution in [3.8, 4) is 0 Å². The van der Waals surface area contributed by atoms with Gasteiger partial charge in [0.15, 0.2) is 0 Å². The van der Waals surface area contributed by atoms with E-state index in [1.54, 1.807) is 0 Å². The SMILES string of the molecule is CC1=C(C2CCCC2)N(C)C=C[N+]1(c1ccccc1)c1ccc(C)cc1C. The van der Waals surface area contributed by atoms with Gasteiger partial charge in [-0.2, -0.15) is 0 Å². The molecule has 1 aliphatic carbocycles. The summed E-state index contributed by atoms with van der Waals surface area (Å²) in [5.74, 6) is 0.673. The van der Waals surface area contributed by atoms with Crippen LogP contribution in [-0.4, -0.2) is 11.9 Å². The molecular weight excluding hydrogens is 328 g/mol. The van der Waals surface area contributed by atoms with Gasteiger partial charge < -0.3 is 4.90 Å². The highest BCUT2D eigenvalue weighted by Crippen LogP contribution is 2.48. The lowest BCUT2D eigenvalue weighted by Crippen LogP contribution is -2.43. The van der Waals surface area contributed by atoms with Crippen molar-refractivity contribution in [1.29, 1.82) is 0 Å². The summed E-state index contributed by atoms with van der Waals surface area (Å²) in [4.78, 5) is 2.37. The summed E-state index contributed by atoms with van der Waals surface area (Å²) in [6.45, 7) is 6.77. The minimum absolute atomic E-state index is 0.673. The highest BCUT2D eigenvalue weighted by Gasteiger charge is 2.42. The standard InChI is InChI=1S/C25H31N2/c1-19-14-15-24(20(2)18-19)27(23-12-6-5-7-13-23)17-16-26(4)25(21(27)3)22-10-8-9-11-22/h5-7,12-18,22H,8-11H2,1-4H3/q+1. The predicted octanol–water partition coefficient (Wildman–Crippen LogP) is 6.78. The molecular formula is C25H31N2+. The Labute approximate surface area is 164 Å². The van der Waals surface area contributed by atoms with E-state index in [-0.39, 0.29) is 0 Å². The first-order chi connectivity index (χ1) is 13.0. The van der Waals surface area contributed by atoms with Crippen LogP contribution in [0.5, 0.6) is 0 Å². The summed E-state index contributed by atoms with van der Waals surface area (Å²) in [5.41, 5.74) is 8.27. The quantitative estimate of drug-likeness (QED) is 0.546. The van der Waals surface area contributed by atoms with Crippen molar-refractivity contribution in [2.75, 3.05) is 7.05 Å². The van der Waals surface area contributed by atoms with E-state index in [4.69, 9.17) is 0 Å². The van der Waals surface area contributed by atoms with Gasteiger partial charge in [-0.15, -0.1) is 0 Å². The van der Waals surface area contributed by atoms with Crippen molar-refractivity contribution in [2.45, 2.75) is 46.5 Å². The van der Waals surface area contributed by atoms with Crippen molar-refractivity contribution in [2.24, 2.45) is 5.92 Å². The number of para-hydroxylation sites is 1. The van der Waals surface area contributed by atoms with Crippen LogP contribution in [0.2, 0.25) is 0 Å². The van der Waals surface area contributed by atoms with Gasteiger partial charge >= 0.3 is 0 Å².